The minimum absolute atomic E-state index is 0.100. The number of benzene rings is 1. The van der Waals surface area contributed by atoms with Crippen molar-refractivity contribution in [2.24, 2.45) is 0 Å². The smallest absolute Gasteiger partial charge is 0.242 e. The molecule has 2 rings (SSSR count). The number of nitrogens with zero attached hydrogens (tertiary/aromatic N) is 1. The van der Waals surface area contributed by atoms with Gasteiger partial charge < -0.3 is 10.6 Å². The van der Waals surface area contributed by atoms with Gasteiger partial charge in [0, 0.05) is 17.5 Å². The molecule has 0 radical (unpaired) electrons. The Hall–Kier alpha value is -2.28. The van der Waals surface area contributed by atoms with Crippen LogP contribution in [-0.2, 0) is 16.0 Å². The molecule has 2 N–H and O–H groups in total. The first-order valence-electron chi connectivity index (χ1n) is 7.77. The summed E-state index contributed by atoms with van der Waals surface area (Å²) in [6, 6.07) is 5.47. The summed E-state index contributed by atoms with van der Waals surface area (Å²) in [6.07, 6.45) is 0.945. The fraction of sp³-hybridized carbons (Fsp3) is 0.353. The molecule has 0 unspecified atom stereocenters. The van der Waals surface area contributed by atoms with Gasteiger partial charge in [0.25, 0.3) is 0 Å². The molecular weight excluding hydrogens is 329 g/mol. The predicted molar refractivity (Wildman–Crippen MR) is 92.1 cm³/mol. The molecular formula is C17H20FN3O2S. The first-order valence-corrected chi connectivity index (χ1v) is 8.65. The number of hydrogen-bond acceptors (Lipinski definition) is 4. The average Bonchev–Trinajstić information content (AvgIpc) is 3.01. The third-order valence-electron chi connectivity index (χ3n) is 3.30. The Labute approximate surface area is 144 Å². The first kappa shape index (κ1) is 18.1. The molecule has 0 spiro atoms. The molecule has 0 saturated carbocycles. The zero-order chi connectivity index (χ0) is 17.5. The number of aromatic nitrogens is 1. The van der Waals surface area contributed by atoms with E-state index in [1.54, 1.807) is 24.4 Å². The fourth-order valence-electron chi connectivity index (χ4n) is 2.04. The summed E-state index contributed by atoms with van der Waals surface area (Å²) in [5.74, 6) is -0.758. The molecule has 1 aromatic carbocycles. The van der Waals surface area contributed by atoms with Crippen LogP contribution in [-0.4, -0.2) is 29.4 Å². The number of rotatable bonds is 7. The van der Waals surface area contributed by atoms with Crippen molar-refractivity contribution in [1.82, 2.24) is 15.6 Å². The average molecular weight is 349 g/mol. The van der Waals surface area contributed by atoms with E-state index in [4.69, 9.17) is 0 Å². The van der Waals surface area contributed by atoms with Gasteiger partial charge in [0.1, 0.15) is 16.9 Å². The maximum atomic E-state index is 12.9. The van der Waals surface area contributed by atoms with Crippen LogP contribution < -0.4 is 10.6 Å². The van der Waals surface area contributed by atoms with Crippen molar-refractivity contribution in [2.45, 2.75) is 32.7 Å². The molecule has 0 bridgehead atoms. The quantitative estimate of drug-likeness (QED) is 0.807. The normalized spacial score (nSPS) is 11.8. The van der Waals surface area contributed by atoms with Gasteiger partial charge in [-0.3, -0.25) is 9.59 Å². The molecule has 0 fully saturated rings. The lowest BCUT2D eigenvalue weighted by atomic mass is 10.2. The maximum absolute atomic E-state index is 12.9. The van der Waals surface area contributed by atoms with Gasteiger partial charge in [-0.1, -0.05) is 6.92 Å². The van der Waals surface area contributed by atoms with E-state index in [0.29, 0.717) is 12.2 Å². The zero-order valence-corrected chi connectivity index (χ0v) is 14.5. The Bertz CT molecular complexity index is 700. The molecule has 5 nitrogen and oxygen atoms in total. The van der Waals surface area contributed by atoms with E-state index >= 15 is 0 Å². The summed E-state index contributed by atoms with van der Waals surface area (Å²) in [5, 5.41) is 7.91. The van der Waals surface area contributed by atoms with Gasteiger partial charge in [-0.25, -0.2) is 9.37 Å². The van der Waals surface area contributed by atoms with E-state index in [2.05, 4.69) is 15.6 Å². The number of hydrogen-bond donors (Lipinski definition) is 2. The SMILES string of the molecule is CCCNC(=O)[C@H](C)NC(=O)Cc1csc(-c2ccc(F)cc2)n1. The van der Waals surface area contributed by atoms with E-state index in [1.807, 2.05) is 6.92 Å². The monoisotopic (exact) mass is 349 g/mol. The second-order valence-corrected chi connectivity index (χ2v) is 6.27. The molecule has 2 amide bonds. The third kappa shape index (κ3) is 5.13. The van der Waals surface area contributed by atoms with Crippen molar-refractivity contribution < 1.29 is 14.0 Å². The highest BCUT2D eigenvalue weighted by molar-refractivity contribution is 7.13. The highest BCUT2D eigenvalue weighted by Crippen LogP contribution is 2.24. The number of halogens is 1. The van der Waals surface area contributed by atoms with Gasteiger partial charge in [0.15, 0.2) is 0 Å². The Morgan fingerprint density at radius 2 is 2.00 bits per heavy atom. The van der Waals surface area contributed by atoms with Crippen LogP contribution in [0, 0.1) is 5.82 Å². The second kappa shape index (κ2) is 8.54. The molecule has 1 atom stereocenters. The van der Waals surface area contributed by atoms with Crippen molar-refractivity contribution in [3.05, 3.63) is 41.2 Å². The fourth-order valence-corrected chi connectivity index (χ4v) is 2.86. The molecule has 2 aromatic rings. The summed E-state index contributed by atoms with van der Waals surface area (Å²) >= 11 is 1.39. The summed E-state index contributed by atoms with van der Waals surface area (Å²) in [4.78, 5) is 28.1. The highest BCUT2D eigenvalue weighted by Gasteiger charge is 2.16. The Morgan fingerprint density at radius 1 is 1.29 bits per heavy atom. The Kier molecular flexibility index (Phi) is 6.43. The summed E-state index contributed by atoms with van der Waals surface area (Å²) in [7, 11) is 0. The van der Waals surface area contributed by atoms with Crippen LogP contribution in [0.15, 0.2) is 29.6 Å². The molecule has 0 saturated heterocycles. The van der Waals surface area contributed by atoms with Gasteiger partial charge in [-0.15, -0.1) is 11.3 Å². The standard InChI is InChI=1S/C17H20FN3O2S/c1-3-8-19-16(23)11(2)20-15(22)9-14-10-24-17(21-14)12-4-6-13(18)7-5-12/h4-7,10-11H,3,8-9H2,1-2H3,(H,19,23)(H,20,22)/t11-/m0/s1. The lowest BCUT2D eigenvalue weighted by Gasteiger charge is -2.13. The van der Waals surface area contributed by atoms with E-state index in [0.717, 1.165) is 17.0 Å². The van der Waals surface area contributed by atoms with Gasteiger partial charge in [0.05, 0.1) is 12.1 Å². The summed E-state index contributed by atoms with van der Waals surface area (Å²) in [5.41, 5.74) is 1.43. The zero-order valence-electron chi connectivity index (χ0n) is 13.6. The minimum Gasteiger partial charge on any atom is -0.354 e. The molecule has 0 aliphatic rings. The first-order chi connectivity index (χ1) is 11.5. The van der Waals surface area contributed by atoms with Crippen molar-refractivity contribution in [1.29, 1.82) is 0 Å². The number of carbonyl (C=O) groups is 2. The third-order valence-corrected chi connectivity index (χ3v) is 4.24. The second-order valence-electron chi connectivity index (χ2n) is 5.41. The van der Waals surface area contributed by atoms with Crippen LogP contribution in [0.3, 0.4) is 0 Å². The van der Waals surface area contributed by atoms with Crippen LogP contribution in [0.4, 0.5) is 4.39 Å². The number of nitrogens with one attached hydrogen (secondary N) is 2. The van der Waals surface area contributed by atoms with Gasteiger partial charge in [-0.05, 0) is 37.6 Å². The van der Waals surface area contributed by atoms with Gasteiger partial charge in [0.2, 0.25) is 11.8 Å². The van der Waals surface area contributed by atoms with Crippen LogP contribution in [0.25, 0.3) is 10.6 Å². The summed E-state index contributed by atoms with van der Waals surface area (Å²) in [6.45, 7) is 4.20. The van der Waals surface area contributed by atoms with E-state index in [9.17, 15) is 14.0 Å². The van der Waals surface area contributed by atoms with E-state index in [-0.39, 0.29) is 24.1 Å². The number of carbonyl (C=O) groups excluding carboxylic acids is 2. The largest absolute Gasteiger partial charge is 0.354 e. The van der Waals surface area contributed by atoms with Crippen LogP contribution in [0.5, 0.6) is 0 Å². The molecule has 7 heteroatoms. The minimum atomic E-state index is -0.584. The summed E-state index contributed by atoms with van der Waals surface area (Å²) < 4.78 is 12.9. The molecule has 0 aliphatic carbocycles. The van der Waals surface area contributed by atoms with Crippen molar-refractivity contribution in [3.63, 3.8) is 0 Å². The van der Waals surface area contributed by atoms with Crippen LogP contribution >= 0.6 is 11.3 Å². The topological polar surface area (TPSA) is 71.1 Å². The van der Waals surface area contributed by atoms with Crippen molar-refractivity contribution in [3.8, 4) is 10.6 Å². The van der Waals surface area contributed by atoms with Crippen LogP contribution in [0.2, 0.25) is 0 Å². The predicted octanol–water partition coefficient (Wildman–Crippen LogP) is 2.52. The van der Waals surface area contributed by atoms with E-state index < -0.39 is 6.04 Å². The Morgan fingerprint density at radius 3 is 2.67 bits per heavy atom. The molecule has 128 valence electrons. The highest BCUT2D eigenvalue weighted by atomic mass is 32.1. The van der Waals surface area contributed by atoms with Gasteiger partial charge in [-0.2, -0.15) is 0 Å². The molecule has 0 aliphatic heterocycles. The molecule has 24 heavy (non-hydrogen) atoms. The van der Waals surface area contributed by atoms with Gasteiger partial charge >= 0.3 is 0 Å². The Balaban J connectivity index is 1.90. The van der Waals surface area contributed by atoms with Crippen molar-refractivity contribution >= 4 is 23.2 Å². The van der Waals surface area contributed by atoms with E-state index in [1.165, 1.54) is 23.5 Å². The van der Waals surface area contributed by atoms with Crippen molar-refractivity contribution in [2.75, 3.05) is 6.54 Å². The lowest BCUT2D eigenvalue weighted by Crippen LogP contribution is -2.45. The van der Waals surface area contributed by atoms with Crippen LogP contribution in [0.1, 0.15) is 26.0 Å². The molecule has 1 aromatic heterocycles. The maximum Gasteiger partial charge on any atom is 0.242 e. The number of amides is 2. The molecule has 1 heterocycles. The lowest BCUT2D eigenvalue weighted by molar-refractivity contribution is -0.128. The number of thiazole rings is 1.